The highest BCUT2D eigenvalue weighted by atomic mass is 16.3. The Balaban J connectivity index is 3.68. The maximum atomic E-state index is 9.03. The molecule has 0 aromatic heterocycles. The molecule has 0 aromatic rings. The van der Waals surface area contributed by atoms with Gasteiger partial charge in [-0.3, -0.25) is 0 Å². The molecule has 2 atom stereocenters. The van der Waals surface area contributed by atoms with Crippen molar-refractivity contribution in [2.75, 3.05) is 0 Å². The van der Waals surface area contributed by atoms with Crippen molar-refractivity contribution in [2.45, 2.75) is 53.1 Å². The summed E-state index contributed by atoms with van der Waals surface area (Å²) in [6, 6.07) is 0. The zero-order chi connectivity index (χ0) is 9.56. The summed E-state index contributed by atoms with van der Waals surface area (Å²) in [4.78, 5) is 0. The van der Waals surface area contributed by atoms with E-state index in [1.165, 1.54) is 12.0 Å². The average molecular weight is 170 g/mol. The topological polar surface area (TPSA) is 20.2 Å². The normalized spacial score (nSPS) is 17.6. The van der Waals surface area contributed by atoms with Crippen LogP contribution in [0.3, 0.4) is 0 Å². The molecule has 72 valence electrons. The molecule has 1 heteroatoms. The lowest BCUT2D eigenvalue weighted by Gasteiger charge is -2.09. The summed E-state index contributed by atoms with van der Waals surface area (Å²) < 4.78 is 0. The van der Waals surface area contributed by atoms with Gasteiger partial charge in [0.05, 0.1) is 6.10 Å². The number of aliphatic hydroxyl groups is 1. The number of rotatable bonds is 5. The van der Waals surface area contributed by atoms with Crippen molar-refractivity contribution in [3.63, 3.8) is 0 Å². The van der Waals surface area contributed by atoms with Crippen molar-refractivity contribution in [3.8, 4) is 0 Å². The fourth-order valence-electron chi connectivity index (χ4n) is 1.08. The third-order valence-corrected chi connectivity index (χ3v) is 2.44. The van der Waals surface area contributed by atoms with E-state index < -0.39 is 0 Å². The Morgan fingerprint density at radius 1 is 1.42 bits per heavy atom. The molecule has 0 aliphatic carbocycles. The molecule has 0 spiro atoms. The highest BCUT2D eigenvalue weighted by molar-refractivity contribution is 5.01. The molecule has 0 saturated carbocycles. The van der Waals surface area contributed by atoms with E-state index in [-0.39, 0.29) is 6.10 Å². The van der Waals surface area contributed by atoms with Gasteiger partial charge in [-0.2, -0.15) is 0 Å². The molecule has 0 radical (unpaired) electrons. The molecule has 0 rings (SSSR count). The lowest BCUT2D eigenvalue weighted by Crippen LogP contribution is -1.98. The van der Waals surface area contributed by atoms with Gasteiger partial charge < -0.3 is 5.11 Å². The smallest absolute Gasteiger partial charge is 0.0515 e. The Morgan fingerprint density at radius 3 is 2.42 bits per heavy atom. The predicted molar refractivity (Wildman–Crippen MR) is 54.1 cm³/mol. The Morgan fingerprint density at radius 2 is 2.00 bits per heavy atom. The molecule has 2 unspecified atom stereocenters. The summed E-state index contributed by atoms with van der Waals surface area (Å²) in [6.45, 7) is 8.47. The second-order valence-corrected chi connectivity index (χ2v) is 3.68. The standard InChI is InChI=1S/C11H22O/c1-5-9(2)10(3)7-6-8-11(4)12/h7,9,11-12H,5-6,8H2,1-4H3/b10-7+. The van der Waals surface area contributed by atoms with Crippen LogP contribution in [-0.2, 0) is 0 Å². The van der Waals surface area contributed by atoms with E-state index in [2.05, 4.69) is 26.8 Å². The molecule has 0 bridgehead atoms. The van der Waals surface area contributed by atoms with Crippen molar-refractivity contribution in [2.24, 2.45) is 5.92 Å². The van der Waals surface area contributed by atoms with Gasteiger partial charge in [-0.25, -0.2) is 0 Å². The fourth-order valence-corrected chi connectivity index (χ4v) is 1.08. The minimum Gasteiger partial charge on any atom is -0.393 e. The van der Waals surface area contributed by atoms with Gasteiger partial charge in [-0.05, 0) is 39.0 Å². The van der Waals surface area contributed by atoms with Gasteiger partial charge in [-0.1, -0.05) is 25.5 Å². The van der Waals surface area contributed by atoms with Gasteiger partial charge in [0.1, 0.15) is 0 Å². The van der Waals surface area contributed by atoms with Crippen LogP contribution in [0.2, 0.25) is 0 Å². The first-order valence-corrected chi connectivity index (χ1v) is 4.92. The van der Waals surface area contributed by atoms with Gasteiger partial charge in [0, 0.05) is 0 Å². The predicted octanol–water partition coefficient (Wildman–Crippen LogP) is 3.14. The van der Waals surface area contributed by atoms with Crippen LogP contribution >= 0.6 is 0 Å². The molecule has 1 N–H and O–H groups in total. The first kappa shape index (κ1) is 11.7. The zero-order valence-corrected chi connectivity index (χ0v) is 8.80. The summed E-state index contributed by atoms with van der Waals surface area (Å²) in [5.41, 5.74) is 1.46. The summed E-state index contributed by atoms with van der Waals surface area (Å²) in [5.74, 6) is 0.694. The summed E-state index contributed by atoms with van der Waals surface area (Å²) in [5, 5.41) is 9.03. The van der Waals surface area contributed by atoms with Crippen LogP contribution in [0.4, 0.5) is 0 Å². The number of allylic oxidation sites excluding steroid dienone is 2. The van der Waals surface area contributed by atoms with E-state index in [1.807, 2.05) is 6.92 Å². The monoisotopic (exact) mass is 170 g/mol. The van der Waals surface area contributed by atoms with E-state index in [1.54, 1.807) is 0 Å². The van der Waals surface area contributed by atoms with Gasteiger partial charge >= 0.3 is 0 Å². The van der Waals surface area contributed by atoms with Crippen LogP contribution in [0, 0.1) is 5.92 Å². The fraction of sp³-hybridized carbons (Fsp3) is 0.818. The highest BCUT2D eigenvalue weighted by Gasteiger charge is 2.00. The van der Waals surface area contributed by atoms with E-state index in [0.29, 0.717) is 5.92 Å². The molecule has 0 heterocycles. The first-order valence-electron chi connectivity index (χ1n) is 4.92. The number of hydrogen-bond donors (Lipinski definition) is 1. The quantitative estimate of drug-likeness (QED) is 0.628. The lowest BCUT2D eigenvalue weighted by molar-refractivity contribution is 0.185. The maximum Gasteiger partial charge on any atom is 0.0515 e. The van der Waals surface area contributed by atoms with Gasteiger partial charge in [0.2, 0.25) is 0 Å². The van der Waals surface area contributed by atoms with Crippen LogP contribution in [0.5, 0.6) is 0 Å². The highest BCUT2D eigenvalue weighted by Crippen LogP contribution is 2.14. The van der Waals surface area contributed by atoms with E-state index in [4.69, 9.17) is 5.11 Å². The van der Waals surface area contributed by atoms with E-state index in [0.717, 1.165) is 12.8 Å². The molecule has 0 aromatic carbocycles. The minimum absolute atomic E-state index is 0.161. The molecule has 0 aliphatic heterocycles. The van der Waals surface area contributed by atoms with Crippen LogP contribution in [0.25, 0.3) is 0 Å². The summed E-state index contributed by atoms with van der Waals surface area (Å²) in [6.07, 6.45) is 5.19. The largest absolute Gasteiger partial charge is 0.393 e. The van der Waals surface area contributed by atoms with E-state index in [9.17, 15) is 0 Å². The number of aliphatic hydroxyl groups excluding tert-OH is 1. The molecule has 12 heavy (non-hydrogen) atoms. The first-order chi connectivity index (χ1) is 5.57. The molecular formula is C11H22O. The van der Waals surface area contributed by atoms with Crippen molar-refractivity contribution < 1.29 is 5.11 Å². The molecule has 1 nitrogen and oxygen atoms in total. The summed E-state index contributed by atoms with van der Waals surface area (Å²) in [7, 11) is 0. The Labute approximate surface area is 76.5 Å². The molecule has 0 aliphatic rings. The maximum absolute atomic E-state index is 9.03. The Bertz CT molecular complexity index is 136. The van der Waals surface area contributed by atoms with Crippen LogP contribution in [-0.4, -0.2) is 11.2 Å². The molecule has 0 amide bonds. The summed E-state index contributed by atoms with van der Waals surface area (Å²) >= 11 is 0. The third kappa shape index (κ3) is 5.36. The SMILES string of the molecule is CCC(C)/C(C)=C/CCC(C)O. The van der Waals surface area contributed by atoms with Crippen LogP contribution in [0.15, 0.2) is 11.6 Å². The second kappa shape index (κ2) is 6.24. The van der Waals surface area contributed by atoms with E-state index >= 15 is 0 Å². The van der Waals surface area contributed by atoms with Crippen molar-refractivity contribution >= 4 is 0 Å². The second-order valence-electron chi connectivity index (χ2n) is 3.68. The zero-order valence-electron chi connectivity index (χ0n) is 8.80. The number of hydrogen-bond acceptors (Lipinski definition) is 1. The third-order valence-electron chi connectivity index (χ3n) is 2.44. The van der Waals surface area contributed by atoms with Crippen molar-refractivity contribution in [3.05, 3.63) is 11.6 Å². The molecule has 0 saturated heterocycles. The van der Waals surface area contributed by atoms with Crippen molar-refractivity contribution in [1.29, 1.82) is 0 Å². The van der Waals surface area contributed by atoms with Crippen LogP contribution in [0.1, 0.15) is 47.0 Å². The average Bonchev–Trinajstić information content (AvgIpc) is 2.02. The molecule has 0 fully saturated rings. The van der Waals surface area contributed by atoms with Crippen LogP contribution < -0.4 is 0 Å². The van der Waals surface area contributed by atoms with Crippen molar-refractivity contribution in [1.82, 2.24) is 0 Å². The van der Waals surface area contributed by atoms with Gasteiger partial charge in [0.15, 0.2) is 0 Å². The van der Waals surface area contributed by atoms with Gasteiger partial charge in [-0.15, -0.1) is 0 Å². The lowest BCUT2D eigenvalue weighted by atomic mass is 9.98. The molecular weight excluding hydrogens is 148 g/mol. The minimum atomic E-state index is -0.161. The van der Waals surface area contributed by atoms with Gasteiger partial charge in [0.25, 0.3) is 0 Å². The Hall–Kier alpha value is -0.300. The Kier molecular flexibility index (Phi) is 6.09.